The van der Waals surface area contributed by atoms with E-state index in [4.69, 9.17) is 0 Å². The Morgan fingerprint density at radius 2 is 1.77 bits per heavy atom. The first-order valence-electron chi connectivity index (χ1n) is 5.63. The summed E-state index contributed by atoms with van der Waals surface area (Å²) in [6.07, 6.45) is 3.93. The second kappa shape index (κ2) is 5.64. The van der Waals surface area contributed by atoms with Crippen LogP contribution >= 0.6 is 0 Å². The van der Waals surface area contributed by atoms with Crippen molar-refractivity contribution < 1.29 is 0 Å². The minimum atomic E-state index is 0.511. The third kappa shape index (κ3) is 4.12. The summed E-state index contributed by atoms with van der Waals surface area (Å²) in [5.41, 5.74) is 0.511. The molecule has 0 radical (unpaired) electrons. The SMILES string of the molecule is CCCC(C)(CC(C)NC)C(C)C. The maximum absolute atomic E-state index is 3.33. The molecule has 2 atom stereocenters. The first-order valence-corrected chi connectivity index (χ1v) is 5.63. The molecule has 2 unspecified atom stereocenters. The van der Waals surface area contributed by atoms with Gasteiger partial charge in [0.25, 0.3) is 0 Å². The summed E-state index contributed by atoms with van der Waals surface area (Å²) in [4.78, 5) is 0. The monoisotopic (exact) mass is 185 g/mol. The predicted molar refractivity (Wildman–Crippen MR) is 61.0 cm³/mol. The van der Waals surface area contributed by atoms with Gasteiger partial charge in [-0.05, 0) is 38.1 Å². The Labute approximate surface area is 84.3 Å². The van der Waals surface area contributed by atoms with Gasteiger partial charge in [-0.2, -0.15) is 0 Å². The molecule has 1 heteroatoms. The predicted octanol–water partition coefficient (Wildman–Crippen LogP) is 3.45. The van der Waals surface area contributed by atoms with Crippen LogP contribution in [-0.2, 0) is 0 Å². The standard InChI is InChI=1S/C12H27N/c1-7-8-12(5,10(2)3)9-11(4)13-6/h10-11,13H,7-9H2,1-6H3. The van der Waals surface area contributed by atoms with E-state index in [0.29, 0.717) is 11.5 Å². The highest BCUT2D eigenvalue weighted by atomic mass is 14.9. The van der Waals surface area contributed by atoms with E-state index >= 15 is 0 Å². The van der Waals surface area contributed by atoms with Crippen molar-refractivity contribution in [2.75, 3.05) is 7.05 Å². The summed E-state index contributed by atoms with van der Waals surface area (Å²) in [7, 11) is 2.05. The lowest BCUT2D eigenvalue weighted by molar-refractivity contribution is 0.162. The van der Waals surface area contributed by atoms with E-state index in [2.05, 4.69) is 47.0 Å². The van der Waals surface area contributed by atoms with Crippen molar-refractivity contribution >= 4 is 0 Å². The fraction of sp³-hybridized carbons (Fsp3) is 1.00. The number of nitrogens with one attached hydrogen (secondary N) is 1. The maximum atomic E-state index is 3.33. The number of hydrogen-bond donors (Lipinski definition) is 1. The zero-order valence-corrected chi connectivity index (χ0v) is 10.3. The minimum absolute atomic E-state index is 0.511. The zero-order valence-electron chi connectivity index (χ0n) is 10.3. The van der Waals surface area contributed by atoms with Crippen molar-refractivity contribution in [2.24, 2.45) is 11.3 Å². The second-order valence-corrected chi connectivity index (χ2v) is 4.95. The molecule has 0 heterocycles. The maximum Gasteiger partial charge on any atom is 0.00410 e. The third-order valence-corrected chi connectivity index (χ3v) is 3.48. The van der Waals surface area contributed by atoms with Crippen LogP contribution in [0, 0.1) is 11.3 Å². The van der Waals surface area contributed by atoms with Gasteiger partial charge in [0.15, 0.2) is 0 Å². The molecule has 1 nitrogen and oxygen atoms in total. The highest BCUT2D eigenvalue weighted by Crippen LogP contribution is 2.36. The Bertz CT molecular complexity index is 131. The smallest absolute Gasteiger partial charge is 0.00410 e. The van der Waals surface area contributed by atoms with E-state index in [1.54, 1.807) is 0 Å². The van der Waals surface area contributed by atoms with Gasteiger partial charge in [-0.1, -0.05) is 34.1 Å². The molecule has 0 aromatic heterocycles. The van der Waals surface area contributed by atoms with Gasteiger partial charge < -0.3 is 5.32 Å². The Hall–Kier alpha value is -0.0400. The average Bonchev–Trinajstić information content (AvgIpc) is 2.04. The zero-order chi connectivity index (χ0) is 10.5. The molecule has 0 aromatic carbocycles. The molecule has 0 rings (SSSR count). The van der Waals surface area contributed by atoms with Crippen LogP contribution in [0.2, 0.25) is 0 Å². The highest BCUT2D eigenvalue weighted by Gasteiger charge is 2.28. The van der Waals surface area contributed by atoms with Gasteiger partial charge in [0.05, 0.1) is 0 Å². The van der Waals surface area contributed by atoms with Crippen LogP contribution in [0.3, 0.4) is 0 Å². The average molecular weight is 185 g/mol. The van der Waals surface area contributed by atoms with Crippen molar-refractivity contribution in [2.45, 2.75) is 59.9 Å². The van der Waals surface area contributed by atoms with Crippen LogP contribution in [0.25, 0.3) is 0 Å². The molecule has 0 saturated heterocycles. The van der Waals surface area contributed by atoms with Crippen LogP contribution < -0.4 is 5.32 Å². The molecular formula is C12H27N. The lowest BCUT2D eigenvalue weighted by Gasteiger charge is -2.36. The van der Waals surface area contributed by atoms with Crippen LogP contribution in [0.15, 0.2) is 0 Å². The molecule has 0 saturated carbocycles. The normalized spacial score (nSPS) is 18.7. The Kier molecular flexibility index (Phi) is 5.62. The quantitative estimate of drug-likeness (QED) is 0.668. The van der Waals surface area contributed by atoms with E-state index in [1.807, 2.05) is 0 Å². The molecule has 1 N–H and O–H groups in total. The van der Waals surface area contributed by atoms with Gasteiger partial charge in [-0.15, -0.1) is 0 Å². The van der Waals surface area contributed by atoms with Crippen molar-refractivity contribution in [3.8, 4) is 0 Å². The second-order valence-electron chi connectivity index (χ2n) is 4.95. The largest absolute Gasteiger partial charge is 0.317 e. The molecule has 0 spiro atoms. The third-order valence-electron chi connectivity index (χ3n) is 3.48. The van der Waals surface area contributed by atoms with Gasteiger partial charge in [0, 0.05) is 6.04 Å². The summed E-state index contributed by atoms with van der Waals surface area (Å²) in [5.74, 6) is 0.781. The highest BCUT2D eigenvalue weighted by molar-refractivity contribution is 4.81. The summed E-state index contributed by atoms with van der Waals surface area (Å²) in [6.45, 7) is 11.7. The summed E-state index contributed by atoms with van der Waals surface area (Å²) >= 11 is 0. The van der Waals surface area contributed by atoms with Crippen LogP contribution in [-0.4, -0.2) is 13.1 Å². The summed E-state index contributed by atoms with van der Waals surface area (Å²) in [5, 5.41) is 3.33. The molecule has 0 aliphatic heterocycles. The van der Waals surface area contributed by atoms with Crippen LogP contribution in [0.5, 0.6) is 0 Å². The van der Waals surface area contributed by atoms with Crippen molar-refractivity contribution in [3.63, 3.8) is 0 Å². The van der Waals surface area contributed by atoms with Gasteiger partial charge >= 0.3 is 0 Å². The first kappa shape index (κ1) is 13.0. The van der Waals surface area contributed by atoms with Crippen LogP contribution in [0.4, 0.5) is 0 Å². The van der Waals surface area contributed by atoms with Crippen molar-refractivity contribution in [3.05, 3.63) is 0 Å². The van der Waals surface area contributed by atoms with E-state index in [9.17, 15) is 0 Å². The Morgan fingerprint density at radius 1 is 1.23 bits per heavy atom. The van der Waals surface area contributed by atoms with Gasteiger partial charge in [-0.3, -0.25) is 0 Å². The molecule has 0 amide bonds. The first-order chi connectivity index (χ1) is 5.96. The topological polar surface area (TPSA) is 12.0 Å². The summed E-state index contributed by atoms with van der Waals surface area (Å²) < 4.78 is 0. The van der Waals surface area contributed by atoms with E-state index in [0.717, 1.165) is 5.92 Å². The molecule has 80 valence electrons. The van der Waals surface area contributed by atoms with E-state index in [-0.39, 0.29) is 0 Å². The number of hydrogen-bond acceptors (Lipinski definition) is 1. The summed E-state index contributed by atoms with van der Waals surface area (Å²) in [6, 6.07) is 0.638. The molecule has 0 aromatic rings. The Balaban J connectivity index is 4.23. The fourth-order valence-corrected chi connectivity index (χ4v) is 2.00. The molecule has 0 aliphatic rings. The molecule has 13 heavy (non-hydrogen) atoms. The lowest BCUT2D eigenvalue weighted by atomic mass is 9.71. The molecule has 0 bridgehead atoms. The van der Waals surface area contributed by atoms with Gasteiger partial charge in [0.1, 0.15) is 0 Å². The molecular weight excluding hydrogens is 158 g/mol. The van der Waals surface area contributed by atoms with Crippen LogP contribution in [0.1, 0.15) is 53.9 Å². The molecule has 0 fully saturated rings. The fourth-order valence-electron chi connectivity index (χ4n) is 2.00. The van der Waals surface area contributed by atoms with Crippen molar-refractivity contribution in [1.82, 2.24) is 5.32 Å². The minimum Gasteiger partial charge on any atom is -0.317 e. The van der Waals surface area contributed by atoms with Crippen molar-refractivity contribution in [1.29, 1.82) is 0 Å². The molecule has 0 aliphatic carbocycles. The van der Waals surface area contributed by atoms with E-state index < -0.39 is 0 Å². The number of rotatable bonds is 6. The van der Waals surface area contributed by atoms with Gasteiger partial charge in [-0.25, -0.2) is 0 Å². The lowest BCUT2D eigenvalue weighted by Crippen LogP contribution is -2.33. The van der Waals surface area contributed by atoms with E-state index in [1.165, 1.54) is 19.3 Å². The Morgan fingerprint density at radius 3 is 2.08 bits per heavy atom. The van der Waals surface area contributed by atoms with Gasteiger partial charge in [0.2, 0.25) is 0 Å².